The number of esters is 1. The van der Waals surface area contributed by atoms with Crippen LogP contribution in [0, 0.1) is 0 Å². The lowest BCUT2D eigenvalue weighted by Crippen LogP contribution is -2.22. The molecule has 2 heterocycles. The molecule has 0 unspecified atom stereocenters. The highest BCUT2D eigenvalue weighted by Gasteiger charge is 2.37. The number of aromatic amines is 1. The molecule has 1 aliphatic rings. The number of nitrogens with zero attached hydrogens (tertiary/aromatic N) is 3. The highest BCUT2D eigenvalue weighted by atomic mass is 32.2. The summed E-state index contributed by atoms with van der Waals surface area (Å²) in [7, 11) is 0. The number of aliphatic imine (C=N–C) groups is 1. The van der Waals surface area contributed by atoms with Crippen molar-refractivity contribution in [3.8, 4) is 11.4 Å². The number of carbonyl (C=O) groups is 1. The van der Waals surface area contributed by atoms with E-state index < -0.39 is 6.04 Å². The second-order valence-corrected chi connectivity index (χ2v) is 6.90. The van der Waals surface area contributed by atoms with Crippen molar-refractivity contribution in [2.45, 2.75) is 23.4 Å². The van der Waals surface area contributed by atoms with E-state index in [1.807, 2.05) is 60.7 Å². The van der Waals surface area contributed by atoms with Gasteiger partial charge in [-0.3, -0.25) is 5.10 Å². The van der Waals surface area contributed by atoms with Gasteiger partial charge in [-0.25, -0.2) is 14.8 Å². The third kappa shape index (κ3) is 3.39. The fourth-order valence-corrected chi connectivity index (χ4v) is 3.83. The van der Waals surface area contributed by atoms with Crippen LogP contribution in [0.15, 0.2) is 70.8 Å². The molecule has 130 valence electrons. The van der Waals surface area contributed by atoms with Crippen molar-refractivity contribution < 1.29 is 9.53 Å². The molecule has 0 fully saturated rings. The standard InChI is InChI=1S/C19H16N4O2S/c1-12-20-15(18(24)25-12)16(13-8-4-2-5-9-13)26-19-21-17(22-23-19)14-10-6-3-7-11-14/h2-11,15-16H,1H3,(H,21,22,23)/t15-,16+/m0/s1. The molecular formula is C19H16N4O2S. The number of cyclic esters (lactones) is 1. The van der Waals surface area contributed by atoms with E-state index in [4.69, 9.17) is 4.74 Å². The van der Waals surface area contributed by atoms with Crippen molar-refractivity contribution in [2.75, 3.05) is 0 Å². The predicted molar refractivity (Wildman–Crippen MR) is 99.8 cm³/mol. The molecule has 2 aromatic carbocycles. The van der Waals surface area contributed by atoms with Gasteiger partial charge in [-0.05, 0) is 5.56 Å². The maximum Gasteiger partial charge on any atom is 0.338 e. The zero-order valence-electron chi connectivity index (χ0n) is 14.0. The van der Waals surface area contributed by atoms with Crippen LogP contribution in [-0.4, -0.2) is 33.1 Å². The first kappa shape index (κ1) is 16.5. The molecular weight excluding hydrogens is 348 g/mol. The number of carbonyl (C=O) groups excluding carboxylic acids is 1. The minimum Gasteiger partial charge on any atom is -0.411 e. The van der Waals surface area contributed by atoms with E-state index in [0.29, 0.717) is 16.9 Å². The number of ether oxygens (including phenoxy) is 1. The number of aromatic nitrogens is 3. The average molecular weight is 364 g/mol. The lowest BCUT2D eigenvalue weighted by Gasteiger charge is -2.17. The van der Waals surface area contributed by atoms with E-state index in [2.05, 4.69) is 20.2 Å². The highest BCUT2D eigenvalue weighted by Crippen LogP contribution is 2.39. The molecule has 0 saturated carbocycles. The van der Waals surface area contributed by atoms with Crippen molar-refractivity contribution in [1.29, 1.82) is 0 Å². The van der Waals surface area contributed by atoms with Crippen LogP contribution in [0.5, 0.6) is 0 Å². The summed E-state index contributed by atoms with van der Waals surface area (Å²) in [4.78, 5) is 21.1. The number of benzene rings is 2. The largest absolute Gasteiger partial charge is 0.411 e. The van der Waals surface area contributed by atoms with E-state index in [0.717, 1.165) is 11.1 Å². The van der Waals surface area contributed by atoms with Gasteiger partial charge in [0.15, 0.2) is 17.8 Å². The van der Waals surface area contributed by atoms with Gasteiger partial charge in [0.2, 0.25) is 5.16 Å². The summed E-state index contributed by atoms with van der Waals surface area (Å²) < 4.78 is 5.14. The third-order valence-corrected chi connectivity index (χ3v) is 5.15. The van der Waals surface area contributed by atoms with Crippen molar-refractivity contribution in [3.63, 3.8) is 0 Å². The molecule has 1 aliphatic heterocycles. The molecule has 3 aromatic rings. The molecule has 0 bridgehead atoms. The second kappa shape index (κ2) is 7.13. The van der Waals surface area contributed by atoms with Crippen LogP contribution in [0.1, 0.15) is 17.7 Å². The molecule has 0 radical (unpaired) electrons. The van der Waals surface area contributed by atoms with Crippen LogP contribution in [0.2, 0.25) is 0 Å². The fraction of sp³-hybridized carbons (Fsp3) is 0.158. The first-order chi connectivity index (χ1) is 12.7. The van der Waals surface area contributed by atoms with Crippen molar-refractivity contribution >= 4 is 23.6 Å². The zero-order valence-corrected chi connectivity index (χ0v) is 14.8. The van der Waals surface area contributed by atoms with Gasteiger partial charge >= 0.3 is 5.97 Å². The number of nitrogens with one attached hydrogen (secondary N) is 1. The maximum atomic E-state index is 12.2. The normalized spacial score (nSPS) is 17.7. The van der Waals surface area contributed by atoms with Crippen LogP contribution >= 0.6 is 11.8 Å². The molecule has 0 saturated heterocycles. The van der Waals surface area contributed by atoms with Crippen molar-refractivity contribution in [3.05, 3.63) is 66.2 Å². The molecule has 1 N–H and O–H groups in total. The van der Waals surface area contributed by atoms with Crippen molar-refractivity contribution in [1.82, 2.24) is 15.2 Å². The summed E-state index contributed by atoms with van der Waals surface area (Å²) in [6.45, 7) is 1.69. The minimum absolute atomic E-state index is 0.263. The Kier molecular flexibility index (Phi) is 4.53. The first-order valence-electron chi connectivity index (χ1n) is 8.16. The summed E-state index contributed by atoms with van der Waals surface area (Å²) in [6.07, 6.45) is 0. The monoisotopic (exact) mass is 364 g/mol. The van der Waals surface area contributed by atoms with Gasteiger partial charge in [0, 0.05) is 12.5 Å². The average Bonchev–Trinajstić information content (AvgIpc) is 3.27. The Morgan fingerprint density at radius 1 is 1.08 bits per heavy atom. The second-order valence-electron chi connectivity index (χ2n) is 5.80. The molecule has 1 aromatic heterocycles. The van der Waals surface area contributed by atoms with Crippen LogP contribution in [0.4, 0.5) is 0 Å². The minimum atomic E-state index is -0.610. The van der Waals surface area contributed by atoms with Crippen molar-refractivity contribution in [2.24, 2.45) is 4.99 Å². The maximum absolute atomic E-state index is 12.2. The molecule has 2 atom stereocenters. The Hall–Kier alpha value is -2.93. The first-order valence-corrected chi connectivity index (χ1v) is 9.04. The summed E-state index contributed by atoms with van der Waals surface area (Å²) in [5.74, 6) is 0.734. The van der Waals surface area contributed by atoms with Gasteiger partial charge in [-0.15, -0.1) is 5.10 Å². The van der Waals surface area contributed by atoms with Crippen LogP contribution in [0.25, 0.3) is 11.4 Å². The van der Waals surface area contributed by atoms with E-state index in [1.165, 1.54) is 11.8 Å². The number of H-pyrrole nitrogens is 1. The molecule has 26 heavy (non-hydrogen) atoms. The van der Waals surface area contributed by atoms with Gasteiger partial charge in [0.25, 0.3) is 0 Å². The van der Waals surface area contributed by atoms with Crippen LogP contribution in [-0.2, 0) is 9.53 Å². The fourth-order valence-electron chi connectivity index (χ4n) is 2.77. The van der Waals surface area contributed by atoms with Crippen LogP contribution in [0.3, 0.4) is 0 Å². The molecule has 0 spiro atoms. The predicted octanol–water partition coefficient (Wildman–Crippen LogP) is 3.65. The molecule has 6 nitrogen and oxygen atoms in total. The third-order valence-electron chi connectivity index (χ3n) is 3.97. The van der Waals surface area contributed by atoms with Gasteiger partial charge < -0.3 is 4.74 Å². The van der Waals surface area contributed by atoms with E-state index in [-0.39, 0.29) is 11.2 Å². The number of hydrogen-bond donors (Lipinski definition) is 1. The summed E-state index contributed by atoms with van der Waals surface area (Å²) in [5.41, 5.74) is 1.93. The van der Waals surface area contributed by atoms with E-state index in [9.17, 15) is 4.79 Å². The SMILES string of the molecule is CC1=N[C@@H]([C@H](Sc2n[nH]c(-c3ccccc3)n2)c2ccccc2)C(=O)O1. The lowest BCUT2D eigenvalue weighted by atomic mass is 10.1. The zero-order chi connectivity index (χ0) is 17.9. The van der Waals surface area contributed by atoms with Gasteiger partial charge in [0.05, 0.1) is 5.25 Å². The Morgan fingerprint density at radius 3 is 2.42 bits per heavy atom. The summed E-state index contributed by atoms with van der Waals surface area (Å²) in [6, 6.07) is 18.9. The highest BCUT2D eigenvalue weighted by molar-refractivity contribution is 7.99. The number of hydrogen-bond acceptors (Lipinski definition) is 6. The number of thioether (sulfide) groups is 1. The summed E-state index contributed by atoms with van der Waals surface area (Å²) in [5, 5.41) is 7.55. The Bertz CT molecular complexity index is 940. The Morgan fingerprint density at radius 2 is 1.77 bits per heavy atom. The molecule has 7 heteroatoms. The lowest BCUT2D eigenvalue weighted by molar-refractivity contribution is -0.135. The van der Waals surface area contributed by atoms with Gasteiger partial charge in [-0.2, -0.15) is 0 Å². The summed E-state index contributed by atoms with van der Waals surface area (Å²) >= 11 is 1.40. The van der Waals surface area contributed by atoms with Gasteiger partial charge in [0.1, 0.15) is 0 Å². The number of rotatable bonds is 5. The quantitative estimate of drug-likeness (QED) is 0.552. The molecule has 4 rings (SSSR count). The smallest absolute Gasteiger partial charge is 0.338 e. The molecule has 0 amide bonds. The molecule has 0 aliphatic carbocycles. The Balaban J connectivity index is 1.64. The Labute approximate surface area is 154 Å². The van der Waals surface area contributed by atoms with Gasteiger partial charge in [-0.1, -0.05) is 72.4 Å². The van der Waals surface area contributed by atoms with E-state index in [1.54, 1.807) is 6.92 Å². The topological polar surface area (TPSA) is 80.2 Å². The van der Waals surface area contributed by atoms with E-state index >= 15 is 0 Å². The van der Waals surface area contributed by atoms with Crippen LogP contribution < -0.4 is 0 Å².